The second-order valence-electron chi connectivity index (χ2n) is 13.2. The van der Waals surface area contributed by atoms with Crippen LogP contribution >= 0.6 is 0 Å². The van der Waals surface area contributed by atoms with Gasteiger partial charge in [0.1, 0.15) is 18.2 Å². The molecule has 7 heteroatoms. The van der Waals surface area contributed by atoms with E-state index < -0.39 is 23.6 Å². The molecule has 1 atom stereocenters. The maximum atomic E-state index is 13.0. The van der Waals surface area contributed by atoms with Gasteiger partial charge in [0.05, 0.1) is 6.20 Å². The summed E-state index contributed by atoms with van der Waals surface area (Å²) in [6, 6.07) is 53.8. The fraction of sp³-hybridized carbons (Fsp3) is 0.109. The number of carbonyl (C=O) groups is 2. The minimum absolute atomic E-state index is 0.0954. The van der Waals surface area contributed by atoms with Gasteiger partial charge in [0.25, 0.3) is 0 Å². The lowest BCUT2D eigenvalue weighted by atomic mass is 9.77. The molecule has 0 bridgehead atoms. The maximum Gasteiger partial charge on any atom is 0.407 e. The van der Waals surface area contributed by atoms with E-state index in [1.54, 1.807) is 0 Å². The summed E-state index contributed by atoms with van der Waals surface area (Å²) >= 11 is 0. The van der Waals surface area contributed by atoms with E-state index in [-0.39, 0.29) is 18.9 Å². The third-order valence-corrected chi connectivity index (χ3v) is 10.2. The summed E-state index contributed by atoms with van der Waals surface area (Å²) in [5.74, 6) is -1.26. The van der Waals surface area contributed by atoms with Gasteiger partial charge in [0, 0.05) is 24.1 Å². The molecule has 6 aromatic carbocycles. The highest BCUT2D eigenvalue weighted by molar-refractivity contribution is 5.81. The fourth-order valence-electron chi connectivity index (χ4n) is 7.64. The van der Waals surface area contributed by atoms with Crippen LogP contribution in [0.1, 0.15) is 39.3 Å². The number of amides is 1. The molecule has 8 rings (SSSR count). The van der Waals surface area contributed by atoms with Gasteiger partial charge in [-0.05, 0) is 50.1 Å². The van der Waals surface area contributed by atoms with Gasteiger partial charge >= 0.3 is 12.1 Å². The van der Waals surface area contributed by atoms with Crippen molar-refractivity contribution in [1.29, 1.82) is 0 Å². The lowest BCUT2D eigenvalue weighted by Gasteiger charge is -2.36. The molecule has 1 aliphatic carbocycles. The number of hydrogen-bond donors (Lipinski definition) is 2. The minimum Gasteiger partial charge on any atom is -0.480 e. The molecule has 1 amide bonds. The number of aromatic nitrogens is 2. The highest BCUT2D eigenvalue weighted by Crippen LogP contribution is 2.45. The van der Waals surface area contributed by atoms with Crippen LogP contribution in [0.4, 0.5) is 4.79 Å². The second-order valence-corrected chi connectivity index (χ2v) is 13.2. The first-order valence-corrected chi connectivity index (χ1v) is 17.7. The zero-order valence-corrected chi connectivity index (χ0v) is 28.9. The predicted molar refractivity (Wildman–Crippen MR) is 206 cm³/mol. The molecule has 0 spiro atoms. The van der Waals surface area contributed by atoms with E-state index in [9.17, 15) is 14.7 Å². The number of carbonyl (C=O) groups excluding carboxylic acids is 1. The summed E-state index contributed by atoms with van der Waals surface area (Å²) < 4.78 is 7.66. The summed E-state index contributed by atoms with van der Waals surface area (Å²) in [5.41, 5.74) is 9.53. The van der Waals surface area contributed by atoms with Crippen molar-refractivity contribution in [3.63, 3.8) is 0 Å². The second kappa shape index (κ2) is 14.5. The molecule has 0 saturated heterocycles. The number of hydrogen-bond acceptors (Lipinski definition) is 4. The molecular weight excluding hydrogens is 659 g/mol. The third kappa shape index (κ3) is 6.38. The first-order chi connectivity index (χ1) is 26.0. The molecule has 1 aliphatic rings. The monoisotopic (exact) mass is 695 g/mol. The smallest absolute Gasteiger partial charge is 0.407 e. The van der Waals surface area contributed by atoms with Gasteiger partial charge in [0.2, 0.25) is 0 Å². The number of carboxylic acid groups (broad SMARTS) is 1. The van der Waals surface area contributed by atoms with E-state index >= 15 is 0 Å². The Morgan fingerprint density at radius 2 is 1.15 bits per heavy atom. The Balaban J connectivity index is 1.00. The number of fused-ring (bicyclic) bond motifs is 3. The summed E-state index contributed by atoms with van der Waals surface area (Å²) in [4.78, 5) is 25.2. The molecule has 260 valence electrons. The van der Waals surface area contributed by atoms with Gasteiger partial charge in [-0.3, -0.25) is 4.68 Å². The number of alkyl carbamates (subject to hydrolysis) is 1. The van der Waals surface area contributed by atoms with Crippen LogP contribution in [0.2, 0.25) is 0 Å². The van der Waals surface area contributed by atoms with Crippen LogP contribution in [0.5, 0.6) is 0 Å². The predicted octanol–water partition coefficient (Wildman–Crippen LogP) is 8.92. The molecule has 0 saturated carbocycles. The van der Waals surface area contributed by atoms with Crippen molar-refractivity contribution in [2.24, 2.45) is 0 Å². The Morgan fingerprint density at radius 3 is 1.66 bits per heavy atom. The number of aliphatic carboxylic acids is 1. The highest BCUT2D eigenvalue weighted by atomic mass is 16.5. The van der Waals surface area contributed by atoms with E-state index in [1.807, 2.05) is 126 Å². The topological polar surface area (TPSA) is 93.5 Å². The van der Waals surface area contributed by atoms with Crippen LogP contribution in [0, 0.1) is 0 Å². The average molecular weight is 696 g/mol. The highest BCUT2D eigenvalue weighted by Gasteiger charge is 2.39. The van der Waals surface area contributed by atoms with Crippen LogP contribution in [0.3, 0.4) is 0 Å². The van der Waals surface area contributed by atoms with Crippen LogP contribution in [-0.2, 0) is 21.5 Å². The molecule has 1 aromatic heterocycles. The normalized spacial score (nSPS) is 12.8. The minimum atomic E-state index is -1.16. The van der Waals surface area contributed by atoms with Crippen molar-refractivity contribution in [3.05, 3.63) is 210 Å². The van der Waals surface area contributed by atoms with E-state index in [4.69, 9.17) is 9.84 Å². The first-order valence-electron chi connectivity index (χ1n) is 17.7. The number of benzene rings is 6. The van der Waals surface area contributed by atoms with Crippen molar-refractivity contribution in [1.82, 2.24) is 15.1 Å². The van der Waals surface area contributed by atoms with E-state index in [0.717, 1.165) is 55.6 Å². The summed E-state index contributed by atoms with van der Waals surface area (Å²) in [7, 11) is 0. The van der Waals surface area contributed by atoms with E-state index in [0.29, 0.717) is 0 Å². The quantitative estimate of drug-likeness (QED) is 0.132. The number of ether oxygens (including phenoxy) is 1. The maximum absolute atomic E-state index is 13.0. The van der Waals surface area contributed by atoms with Crippen molar-refractivity contribution in [2.75, 3.05) is 6.61 Å². The Labute approximate surface area is 308 Å². The summed E-state index contributed by atoms with van der Waals surface area (Å²) in [5, 5.41) is 17.6. The molecule has 0 fully saturated rings. The lowest BCUT2D eigenvalue weighted by molar-refractivity contribution is -0.139. The molecule has 53 heavy (non-hydrogen) atoms. The van der Waals surface area contributed by atoms with Crippen LogP contribution in [0.15, 0.2) is 176 Å². The third-order valence-electron chi connectivity index (χ3n) is 10.2. The zero-order chi connectivity index (χ0) is 36.2. The van der Waals surface area contributed by atoms with E-state index in [1.165, 1.54) is 0 Å². The molecule has 0 aliphatic heterocycles. The summed E-state index contributed by atoms with van der Waals surface area (Å²) in [6.07, 6.45) is 3.25. The SMILES string of the molecule is O=C(N[C@@H](Cc1ccc(-c2cnn(C(c3ccccc3)(c3ccccc3)c3ccccc3)c2)cc1)C(=O)O)OCC1c2ccccc2-c2ccccc21. The van der Waals surface area contributed by atoms with Crippen molar-refractivity contribution in [2.45, 2.75) is 23.9 Å². The molecule has 7 aromatic rings. The largest absolute Gasteiger partial charge is 0.480 e. The average Bonchev–Trinajstić information content (AvgIpc) is 3.82. The van der Waals surface area contributed by atoms with Crippen LogP contribution < -0.4 is 5.32 Å². The molecule has 0 unspecified atom stereocenters. The van der Waals surface area contributed by atoms with Crippen LogP contribution in [0.25, 0.3) is 22.3 Å². The molecule has 7 nitrogen and oxygen atoms in total. The van der Waals surface area contributed by atoms with E-state index in [2.05, 4.69) is 60.0 Å². The fourth-order valence-corrected chi connectivity index (χ4v) is 7.64. The van der Waals surface area contributed by atoms with Gasteiger partial charge in [-0.15, -0.1) is 0 Å². The lowest BCUT2D eigenvalue weighted by Crippen LogP contribution is -2.42. The standard InChI is InChI=1S/C46H37N3O4/c50-44(51)43(48-45(52)53-31-42-40-22-12-10-20-38(40)39-21-11-13-23-41(39)42)28-32-24-26-33(27-25-32)34-29-47-49(30-34)46(35-14-4-1-5-15-35,36-16-6-2-7-17-36)37-18-8-3-9-19-37/h1-27,29-30,42-43H,28,31H2,(H,48,52)(H,50,51)/t43-/m0/s1. The van der Waals surface area contributed by atoms with Gasteiger partial charge < -0.3 is 15.2 Å². The molecule has 0 radical (unpaired) electrons. The Kier molecular flexibility index (Phi) is 9.13. The first kappa shape index (κ1) is 33.4. The zero-order valence-electron chi connectivity index (χ0n) is 28.9. The van der Waals surface area contributed by atoms with Crippen molar-refractivity contribution < 1.29 is 19.4 Å². The van der Waals surface area contributed by atoms with Crippen molar-refractivity contribution >= 4 is 12.1 Å². The van der Waals surface area contributed by atoms with Gasteiger partial charge in [-0.25, -0.2) is 9.59 Å². The number of rotatable bonds is 11. The Morgan fingerprint density at radius 1 is 0.660 bits per heavy atom. The number of carboxylic acids is 1. The van der Waals surface area contributed by atoms with Gasteiger partial charge in [-0.2, -0.15) is 5.10 Å². The van der Waals surface area contributed by atoms with Crippen LogP contribution in [-0.4, -0.2) is 39.6 Å². The van der Waals surface area contributed by atoms with Crippen molar-refractivity contribution in [3.8, 4) is 22.3 Å². The molecule has 2 N–H and O–H groups in total. The van der Waals surface area contributed by atoms with Gasteiger partial charge in [-0.1, -0.05) is 164 Å². The molecular formula is C46H37N3O4. The number of nitrogens with zero attached hydrogens (tertiary/aromatic N) is 2. The van der Waals surface area contributed by atoms with Gasteiger partial charge in [0.15, 0.2) is 0 Å². The Hall–Kier alpha value is -6.73. The molecule has 1 heterocycles. The summed E-state index contributed by atoms with van der Waals surface area (Å²) in [6.45, 7) is 0.106. The Bertz CT molecular complexity index is 2210. The number of nitrogens with one attached hydrogen (secondary N) is 1.